The van der Waals surface area contributed by atoms with Crippen LogP contribution in [0.4, 0.5) is 0 Å². The Hall–Kier alpha value is -0.120. The highest BCUT2D eigenvalue weighted by atomic mass is 16.5. The lowest BCUT2D eigenvalue weighted by molar-refractivity contribution is 0.0765. The SMILES string of the molecule is CCCCOCCN(CCN)C1CCCCC1. The van der Waals surface area contributed by atoms with E-state index in [1.54, 1.807) is 0 Å². The van der Waals surface area contributed by atoms with Crippen molar-refractivity contribution in [2.24, 2.45) is 5.73 Å². The van der Waals surface area contributed by atoms with Gasteiger partial charge in [-0.25, -0.2) is 0 Å². The van der Waals surface area contributed by atoms with Crippen molar-refractivity contribution in [2.75, 3.05) is 32.8 Å². The maximum absolute atomic E-state index is 5.71. The molecule has 0 spiro atoms. The van der Waals surface area contributed by atoms with Gasteiger partial charge in [0.05, 0.1) is 6.61 Å². The Bertz CT molecular complexity index is 170. The topological polar surface area (TPSA) is 38.5 Å². The fourth-order valence-electron chi connectivity index (χ4n) is 2.62. The Morgan fingerprint density at radius 1 is 1.12 bits per heavy atom. The van der Waals surface area contributed by atoms with Gasteiger partial charge in [0.25, 0.3) is 0 Å². The highest BCUT2D eigenvalue weighted by Crippen LogP contribution is 2.22. The van der Waals surface area contributed by atoms with Gasteiger partial charge in [-0.3, -0.25) is 4.90 Å². The molecule has 0 heterocycles. The molecule has 1 aliphatic rings. The summed E-state index contributed by atoms with van der Waals surface area (Å²) in [5.41, 5.74) is 5.71. The smallest absolute Gasteiger partial charge is 0.0593 e. The fourth-order valence-corrected chi connectivity index (χ4v) is 2.62. The predicted molar refractivity (Wildman–Crippen MR) is 73.2 cm³/mol. The summed E-state index contributed by atoms with van der Waals surface area (Å²) < 4.78 is 5.66. The van der Waals surface area contributed by atoms with Crippen LogP contribution in [0.3, 0.4) is 0 Å². The minimum Gasteiger partial charge on any atom is -0.380 e. The van der Waals surface area contributed by atoms with Crippen LogP contribution in [0.5, 0.6) is 0 Å². The van der Waals surface area contributed by atoms with Crippen LogP contribution in [0.2, 0.25) is 0 Å². The van der Waals surface area contributed by atoms with Crippen LogP contribution in [-0.2, 0) is 4.74 Å². The van der Waals surface area contributed by atoms with Crippen molar-refractivity contribution in [2.45, 2.75) is 57.9 Å². The maximum atomic E-state index is 5.71. The van der Waals surface area contributed by atoms with Crippen molar-refractivity contribution < 1.29 is 4.74 Å². The second-order valence-corrected chi connectivity index (χ2v) is 5.08. The third-order valence-corrected chi connectivity index (χ3v) is 3.67. The number of ether oxygens (including phenoxy) is 1. The van der Waals surface area contributed by atoms with E-state index in [2.05, 4.69) is 11.8 Å². The standard InChI is InChI=1S/C14H30N2O/c1-2-3-12-17-13-11-16(10-9-15)14-7-5-4-6-8-14/h14H,2-13,15H2,1H3. The fraction of sp³-hybridized carbons (Fsp3) is 1.00. The monoisotopic (exact) mass is 242 g/mol. The minimum absolute atomic E-state index is 0.766. The Morgan fingerprint density at radius 3 is 2.53 bits per heavy atom. The third-order valence-electron chi connectivity index (χ3n) is 3.67. The Labute approximate surface area is 107 Å². The quantitative estimate of drug-likeness (QED) is 0.631. The molecule has 1 aliphatic carbocycles. The molecule has 0 aromatic carbocycles. The molecule has 0 saturated heterocycles. The molecule has 0 amide bonds. The van der Waals surface area contributed by atoms with Gasteiger partial charge in [0, 0.05) is 32.3 Å². The van der Waals surface area contributed by atoms with Crippen LogP contribution in [-0.4, -0.2) is 43.8 Å². The summed E-state index contributed by atoms with van der Waals surface area (Å²) in [4.78, 5) is 2.55. The molecular formula is C14H30N2O. The van der Waals surface area contributed by atoms with Crippen molar-refractivity contribution in [3.8, 4) is 0 Å². The highest BCUT2D eigenvalue weighted by molar-refractivity contribution is 4.75. The van der Waals surface area contributed by atoms with E-state index in [0.717, 1.165) is 38.9 Å². The van der Waals surface area contributed by atoms with E-state index >= 15 is 0 Å². The summed E-state index contributed by atoms with van der Waals surface area (Å²) in [7, 11) is 0. The average Bonchev–Trinajstić information content (AvgIpc) is 2.38. The second-order valence-electron chi connectivity index (χ2n) is 5.08. The molecule has 17 heavy (non-hydrogen) atoms. The zero-order valence-electron chi connectivity index (χ0n) is 11.5. The molecule has 0 radical (unpaired) electrons. The number of nitrogens with zero attached hydrogens (tertiary/aromatic N) is 1. The molecule has 102 valence electrons. The molecule has 0 aromatic heterocycles. The Morgan fingerprint density at radius 2 is 1.88 bits per heavy atom. The van der Waals surface area contributed by atoms with Crippen LogP contribution < -0.4 is 5.73 Å². The number of nitrogens with two attached hydrogens (primary N) is 1. The molecule has 1 fully saturated rings. The minimum atomic E-state index is 0.766. The van der Waals surface area contributed by atoms with Gasteiger partial charge in [-0.2, -0.15) is 0 Å². The first-order valence-corrected chi connectivity index (χ1v) is 7.40. The molecule has 3 nitrogen and oxygen atoms in total. The van der Waals surface area contributed by atoms with Crippen LogP contribution in [0.25, 0.3) is 0 Å². The van der Waals surface area contributed by atoms with E-state index in [0.29, 0.717) is 0 Å². The number of rotatable bonds is 9. The summed E-state index contributed by atoms with van der Waals surface area (Å²) in [5, 5.41) is 0. The lowest BCUT2D eigenvalue weighted by Gasteiger charge is -2.34. The maximum Gasteiger partial charge on any atom is 0.0593 e. The van der Waals surface area contributed by atoms with Gasteiger partial charge in [-0.05, 0) is 19.3 Å². The van der Waals surface area contributed by atoms with Crippen molar-refractivity contribution in [3.63, 3.8) is 0 Å². The lowest BCUT2D eigenvalue weighted by atomic mass is 9.94. The van der Waals surface area contributed by atoms with Crippen LogP contribution in [0.15, 0.2) is 0 Å². The normalized spacial score (nSPS) is 17.8. The first kappa shape index (κ1) is 14.9. The van der Waals surface area contributed by atoms with E-state index in [1.807, 2.05) is 0 Å². The molecule has 2 N–H and O–H groups in total. The van der Waals surface area contributed by atoms with E-state index in [-0.39, 0.29) is 0 Å². The molecule has 0 aliphatic heterocycles. The van der Waals surface area contributed by atoms with Crippen LogP contribution in [0.1, 0.15) is 51.9 Å². The molecule has 3 heteroatoms. The van der Waals surface area contributed by atoms with Crippen molar-refractivity contribution in [3.05, 3.63) is 0 Å². The zero-order valence-corrected chi connectivity index (χ0v) is 11.5. The van der Waals surface area contributed by atoms with Crippen molar-refractivity contribution in [1.82, 2.24) is 4.90 Å². The van der Waals surface area contributed by atoms with E-state index in [4.69, 9.17) is 10.5 Å². The van der Waals surface area contributed by atoms with Gasteiger partial charge in [-0.15, -0.1) is 0 Å². The molecule has 0 aromatic rings. The van der Waals surface area contributed by atoms with E-state index < -0.39 is 0 Å². The van der Waals surface area contributed by atoms with Gasteiger partial charge in [0.2, 0.25) is 0 Å². The molecular weight excluding hydrogens is 212 g/mol. The van der Waals surface area contributed by atoms with Gasteiger partial charge in [0.1, 0.15) is 0 Å². The molecule has 0 bridgehead atoms. The van der Waals surface area contributed by atoms with Crippen LogP contribution >= 0.6 is 0 Å². The lowest BCUT2D eigenvalue weighted by Crippen LogP contribution is -2.41. The first-order chi connectivity index (χ1) is 8.38. The summed E-state index contributed by atoms with van der Waals surface area (Å²) in [6, 6.07) is 0.766. The van der Waals surface area contributed by atoms with Gasteiger partial charge >= 0.3 is 0 Å². The van der Waals surface area contributed by atoms with E-state index in [1.165, 1.54) is 44.9 Å². The summed E-state index contributed by atoms with van der Waals surface area (Å²) >= 11 is 0. The predicted octanol–water partition coefficient (Wildman–Crippen LogP) is 2.40. The van der Waals surface area contributed by atoms with E-state index in [9.17, 15) is 0 Å². The van der Waals surface area contributed by atoms with Crippen molar-refractivity contribution in [1.29, 1.82) is 0 Å². The summed E-state index contributed by atoms with van der Waals surface area (Å²) in [6.45, 7) is 6.85. The Balaban J connectivity index is 2.17. The number of unbranched alkanes of at least 4 members (excludes halogenated alkanes) is 1. The first-order valence-electron chi connectivity index (χ1n) is 7.40. The van der Waals surface area contributed by atoms with Gasteiger partial charge in [-0.1, -0.05) is 32.6 Å². The molecule has 1 saturated carbocycles. The van der Waals surface area contributed by atoms with Gasteiger partial charge in [0.15, 0.2) is 0 Å². The molecule has 1 rings (SSSR count). The number of hydrogen-bond acceptors (Lipinski definition) is 3. The molecule has 0 atom stereocenters. The molecule has 0 unspecified atom stereocenters. The Kier molecular flexibility index (Phi) is 8.67. The average molecular weight is 242 g/mol. The zero-order chi connectivity index (χ0) is 12.3. The third kappa shape index (κ3) is 6.39. The second kappa shape index (κ2) is 9.86. The van der Waals surface area contributed by atoms with Crippen molar-refractivity contribution >= 4 is 0 Å². The largest absolute Gasteiger partial charge is 0.380 e. The highest BCUT2D eigenvalue weighted by Gasteiger charge is 2.19. The van der Waals surface area contributed by atoms with Gasteiger partial charge < -0.3 is 10.5 Å². The number of hydrogen-bond donors (Lipinski definition) is 1. The van der Waals surface area contributed by atoms with Crippen LogP contribution in [0, 0.1) is 0 Å². The summed E-state index contributed by atoms with van der Waals surface area (Å²) in [5.74, 6) is 0. The summed E-state index contributed by atoms with van der Waals surface area (Å²) in [6.07, 6.45) is 9.31.